The molecule has 142 valence electrons. The molecule has 7 heteroatoms. The Balaban J connectivity index is 1.85. The number of furan rings is 1. The highest BCUT2D eigenvalue weighted by molar-refractivity contribution is 5.91. The first kappa shape index (κ1) is 18.7. The first-order valence-corrected chi connectivity index (χ1v) is 9.02. The summed E-state index contributed by atoms with van der Waals surface area (Å²) >= 11 is 0. The fourth-order valence-corrected chi connectivity index (χ4v) is 2.85. The molecule has 2 amide bonds. The Hall–Kier alpha value is -3.09. The van der Waals surface area contributed by atoms with Crippen LogP contribution >= 0.6 is 0 Å². The number of rotatable bonds is 7. The molecule has 2 N–H and O–H groups in total. The zero-order valence-corrected chi connectivity index (χ0v) is 15.7. The Bertz CT molecular complexity index is 928. The van der Waals surface area contributed by atoms with Gasteiger partial charge in [0.2, 0.25) is 5.91 Å². The normalized spacial score (nSPS) is 12.3. The zero-order valence-electron chi connectivity index (χ0n) is 15.7. The Labute approximate surface area is 157 Å². The number of nitrogens with zero attached hydrogens (tertiary/aromatic N) is 2. The molecule has 3 rings (SSSR count). The van der Waals surface area contributed by atoms with Crippen molar-refractivity contribution in [2.24, 2.45) is 5.92 Å². The molecule has 2 heterocycles. The number of aromatic nitrogens is 2. The highest BCUT2D eigenvalue weighted by Gasteiger charge is 2.21. The van der Waals surface area contributed by atoms with E-state index in [1.54, 1.807) is 12.1 Å². The first-order chi connectivity index (χ1) is 13.0. The quantitative estimate of drug-likeness (QED) is 0.671. The summed E-state index contributed by atoms with van der Waals surface area (Å²) in [4.78, 5) is 29.3. The molecule has 0 bridgehead atoms. The van der Waals surface area contributed by atoms with Crippen LogP contribution in [0.1, 0.15) is 43.2 Å². The number of benzene rings is 1. The summed E-state index contributed by atoms with van der Waals surface area (Å²) < 4.78 is 6.98. The predicted octanol–water partition coefficient (Wildman–Crippen LogP) is 2.89. The molecule has 2 aromatic heterocycles. The molecule has 0 spiro atoms. The van der Waals surface area contributed by atoms with Gasteiger partial charge in [0.15, 0.2) is 5.76 Å². The number of para-hydroxylation sites is 2. The third-order valence-electron chi connectivity index (χ3n) is 4.17. The zero-order chi connectivity index (χ0) is 19.4. The van der Waals surface area contributed by atoms with Gasteiger partial charge in [0, 0.05) is 6.54 Å². The van der Waals surface area contributed by atoms with E-state index >= 15 is 0 Å². The second-order valence-electron chi connectivity index (χ2n) is 6.92. The van der Waals surface area contributed by atoms with E-state index in [0.29, 0.717) is 18.3 Å². The smallest absolute Gasteiger partial charge is 0.287 e. The lowest BCUT2D eigenvalue weighted by Crippen LogP contribution is -2.33. The van der Waals surface area contributed by atoms with Gasteiger partial charge in [0.05, 0.1) is 23.3 Å². The van der Waals surface area contributed by atoms with Gasteiger partial charge in [0.25, 0.3) is 5.91 Å². The molecular formula is C20H24N4O3. The van der Waals surface area contributed by atoms with Crippen molar-refractivity contribution in [1.29, 1.82) is 0 Å². The summed E-state index contributed by atoms with van der Waals surface area (Å²) in [6.07, 6.45) is 1.45. The number of nitrogens with one attached hydrogen (secondary N) is 2. The molecule has 1 unspecified atom stereocenters. The van der Waals surface area contributed by atoms with Gasteiger partial charge in [-0.05, 0) is 37.1 Å². The molecule has 1 atom stereocenters. The molecule has 1 aromatic carbocycles. The summed E-state index contributed by atoms with van der Waals surface area (Å²) in [5, 5.41) is 5.80. The average molecular weight is 368 g/mol. The number of hydrogen-bond acceptors (Lipinski definition) is 4. The second-order valence-corrected chi connectivity index (χ2v) is 6.92. The Morgan fingerprint density at radius 2 is 1.93 bits per heavy atom. The van der Waals surface area contributed by atoms with E-state index in [2.05, 4.69) is 15.6 Å². The van der Waals surface area contributed by atoms with E-state index in [4.69, 9.17) is 4.42 Å². The van der Waals surface area contributed by atoms with Gasteiger partial charge in [-0.3, -0.25) is 9.59 Å². The monoisotopic (exact) mass is 368 g/mol. The SMILES string of the molecule is CC(C)CNC(=O)Cn1c(C(C)NC(=O)c2ccco2)nc2ccccc21. The predicted molar refractivity (Wildman–Crippen MR) is 102 cm³/mol. The van der Waals surface area contributed by atoms with Crippen molar-refractivity contribution in [3.8, 4) is 0 Å². The Morgan fingerprint density at radius 1 is 1.15 bits per heavy atom. The summed E-state index contributed by atoms with van der Waals surface area (Å²) in [5.41, 5.74) is 1.63. The second kappa shape index (κ2) is 8.07. The van der Waals surface area contributed by atoms with Gasteiger partial charge >= 0.3 is 0 Å². The van der Waals surface area contributed by atoms with Gasteiger partial charge in [-0.25, -0.2) is 4.98 Å². The van der Waals surface area contributed by atoms with Crippen molar-refractivity contribution in [1.82, 2.24) is 20.2 Å². The van der Waals surface area contributed by atoms with Crippen LogP contribution in [0.4, 0.5) is 0 Å². The minimum atomic E-state index is -0.395. The van der Waals surface area contributed by atoms with Crippen molar-refractivity contribution < 1.29 is 14.0 Å². The third-order valence-corrected chi connectivity index (χ3v) is 4.17. The van der Waals surface area contributed by atoms with Gasteiger partial charge in [0.1, 0.15) is 12.4 Å². The molecule has 0 saturated heterocycles. The summed E-state index contributed by atoms with van der Waals surface area (Å²) in [6, 6.07) is 10.5. The minimum absolute atomic E-state index is 0.0855. The summed E-state index contributed by atoms with van der Waals surface area (Å²) in [5.74, 6) is 0.822. The van der Waals surface area contributed by atoms with Crippen molar-refractivity contribution in [3.63, 3.8) is 0 Å². The van der Waals surface area contributed by atoms with E-state index in [-0.39, 0.29) is 24.1 Å². The highest BCUT2D eigenvalue weighted by Crippen LogP contribution is 2.21. The number of amides is 2. The molecular weight excluding hydrogens is 344 g/mol. The third kappa shape index (κ3) is 4.36. The molecule has 0 aliphatic rings. The van der Waals surface area contributed by atoms with Crippen molar-refractivity contribution in [3.05, 3.63) is 54.2 Å². The standard InChI is InChI=1S/C20H24N4O3/c1-13(2)11-21-18(25)12-24-16-8-5-4-7-15(16)23-19(24)14(3)22-20(26)17-9-6-10-27-17/h4-10,13-14H,11-12H2,1-3H3,(H,21,25)(H,22,26). The van der Waals surface area contributed by atoms with Gasteiger partial charge in [-0.2, -0.15) is 0 Å². The van der Waals surface area contributed by atoms with Crippen LogP contribution in [0.3, 0.4) is 0 Å². The van der Waals surface area contributed by atoms with E-state index in [1.165, 1.54) is 6.26 Å². The van der Waals surface area contributed by atoms with Gasteiger partial charge < -0.3 is 19.6 Å². The van der Waals surface area contributed by atoms with E-state index in [1.807, 2.05) is 49.6 Å². The molecule has 0 radical (unpaired) electrons. The molecule has 7 nitrogen and oxygen atoms in total. The fraction of sp³-hybridized carbons (Fsp3) is 0.350. The number of fused-ring (bicyclic) bond motifs is 1. The van der Waals surface area contributed by atoms with Gasteiger partial charge in [-0.1, -0.05) is 26.0 Å². The summed E-state index contributed by atoms with van der Waals surface area (Å²) in [7, 11) is 0. The Morgan fingerprint density at radius 3 is 2.63 bits per heavy atom. The lowest BCUT2D eigenvalue weighted by atomic mass is 10.2. The first-order valence-electron chi connectivity index (χ1n) is 9.02. The molecule has 27 heavy (non-hydrogen) atoms. The van der Waals surface area contributed by atoms with E-state index < -0.39 is 6.04 Å². The molecule has 0 fully saturated rings. The number of imidazole rings is 1. The van der Waals surface area contributed by atoms with Crippen LogP contribution in [0, 0.1) is 5.92 Å². The molecule has 0 saturated carbocycles. The van der Waals surface area contributed by atoms with Gasteiger partial charge in [-0.15, -0.1) is 0 Å². The Kier molecular flexibility index (Phi) is 5.59. The van der Waals surface area contributed by atoms with Crippen LogP contribution in [0.5, 0.6) is 0 Å². The maximum atomic E-state index is 12.4. The molecule has 0 aliphatic heterocycles. The number of carbonyl (C=O) groups excluding carboxylic acids is 2. The number of hydrogen-bond donors (Lipinski definition) is 2. The number of carbonyl (C=O) groups is 2. The highest BCUT2D eigenvalue weighted by atomic mass is 16.3. The summed E-state index contributed by atoms with van der Waals surface area (Å²) in [6.45, 7) is 6.69. The van der Waals surface area contributed by atoms with Crippen LogP contribution in [0.2, 0.25) is 0 Å². The van der Waals surface area contributed by atoms with Crippen LogP contribution in [-0.4, -0.2) is 27.9 Å². The maximum absolute atomic E-state index is 12.4. The minimum Gasteiger partial charge on any atom is -0.459 e. The van der Waals surface area contributed by atoms with Crippen LogP contribution in [0.15, 0.2) is 47.1 Å². The van der Waals surface area contributed by atoms with Crippen LogP contribution < -0.4 is 10.6 Å². The maximum Gasteiger partial charge on any atom is 0.287 e. The fourth-order valence-electron chi connectivity index (χ4n) is 2.85. The van der Waals surface area contributed by atoms with Crippen LogP contribution in [0.25, 0.3) is 11.0 Å². The van der Waals surface area contributed by atoms with E-state index in [9.17, 15) is 9.59 Å². The van der Waals surface area contributed by atoms with Crippen molar-refractivity contribution in [2.45, 2.75) is 33.4 Å². The lowest BCUT2D eigenvalue weighted by molar-refractivity contribution is -0.121. The lowest BCUT2D eigenvalue weighted by Gasteiger charge is -2.16. The van der Waals surface area contributed by atoms with E-state index in [0.717, 1.165) is 11.0 Å². The average Bonchev–Trinajstić information content (AvgIpc) is 3.28. The topological polar surface area (TPSA) is 89.2 Å². The van der Waals surface area contributed by atoms with Crippen molar-refractivity contribution in [2.75, 3.05) is 6.54 Å². The largest absolute Gasteiger partial charge is 0.459 e. The van der Waals surface area contributed by atoms with Crippen molar-refractivity contribution >= 4 is 22.8 Å². The molecule has 3 aromatic rings. The molecule has 0 aliphatic carbocycles. The van der Waals surface area contributed by atoms with Crippen LogP contribution in [-0.2, 0) is 11.3 Å².